The second-order valence-electron chi connectivity index (χ2n) is 6.02. The molecule has 15 heavy (non-hydrogen) atoms. The summed E-state index contributed by atoms with van der Waals surface area (Å²) in [5.41, 5.74) is 1.25. The van der Waals surface area contributed by atoms with E-state index >= 15 is 0 Å². The lowest BCUT2D eigenvalue weighted by Gasteiger charge is -2.34. The first-order chi connectivity index (χ1) is 7.18. The highest BCUT2D eigenvalue weighted by molar-refractivity contribution is 4.94. The summed E-state index contributed by atoms with van der Waals surface area (Å²) in [6.45, 7) is 9.66. The second-order valence-corrected chi connectivity index (χ2v) is 6.02. The summed E-state index contributed by atoms with van der Waals surface area (Å²) in [6, 6.07) is 0. The summed E-state index contributed by atoms with van der Waals surface area (Å²) in [5.74, 6) is 0. The molecule has 1 heterocycles. The molecule has 0 amide bonds. The molecular weight excluding hydrogens is 184 g/mol. The summed E-state index contributed by atoms with van der Waals surface area (Å²) in [6.07, 6.45) is 6.93. The Bertz CT molecular complexity index is 203. The van der Waals surface area contributed by atoms with E-state index in [0.717, 1.165) is 0 Å². The minimum Gasteiger partial charge on any atom is -0.317 e. The average molecular weight is 210 g/mol. The zero-order valence-corrected chi connectivity index (χ0v) is 10.4. The van der Waals surface area contributed by atoms with Crippen LogP contribution in [0, 0.1) is 10.8 Å². The molecule has 0 bridgehead atoms. The van der Waals surface area contributed by atoms with E-state index in [1.807, 2.05) is 0 Å². The summed E-state index contributed by atoms with van der Waals surface area (Å²) in [7, 11) is 0. The highest BCUT2D eigenvalue weighted by atomic mass is 14.9. The molecule has 1 aliphatic heterocycles. The van der Waals surface area contributed by atoms with Gasteiger partial charge in [-0.25, -0.2) is 0 Å². The molecule has 0 spiro atoms. The van der Waals surface area contributed by atoms with Gasteiger partial charge in [-0.3, -0.25) is 0 Å². The minimum atomic E-state index is 0.551. The molecule has 0 aromatic heterocycles. The van der Waals surface area contributed by atoms with Crippen molar-refractivity contribution in [3.63, 3.8) is 0 Å². The molecule has 88 valence electrons. The summed E-state index contributed by atoms with van der Waals surface area (Å²) < 4.78 is 0. The SMILES string of the molecule is CCC1(CNCC2(C)CCNCC2)CC1. The maximum Gasteiger partial charge on any atom is 0.000794 e. The van der Waals surface area contributed by atoms with Crippen LogP contribution in [0.1, 0.15) is 46.0 Å². The van der Waals surface area contributed by atoms with Crippen LogP contribution < -0.4 is 10.6 Å². The minimum absolute atomic E-state index is 0.551. The van der Waals surface area contributed by atoms with Crippen molar-refractivity contribution in [3.8, 4) is 0 Å². The van der Waals surface area contributed by atoms with Gasteiger partial charge in [0.2, 0.25) is 0 Å². The lowest BCUT2D eigenvalue weighted by molar-refractivity contribution is 0.214. The van der Waals surface area contributed by atoms with Crippen molar-refractivity contribution in [3.05, 3.63) is 0 Å². The summed E-state index contributed by atoms with van der Waals surface area (Å²) in [4.78, 5) is 0. The Morgan fingerprint density at radius 2 is 1.73 bits per heavy atom. The van der Waals surface area contributed by atoms with Gasteiger partial charge < -0.3 is 10.6 Å². The fourth-order valence-electron chi connectivity index (χ4n) is 2.67. The van der Waals surface area contributed by atoms with Gasteiger partial charge in [0.15, 0.2) is 0 Å². The van der Waals surface area contributed by atoms with Gasteiger partial charge in [0, 0.05) is 13.1 Å². The molecule has 2 fully saturated rings. The standard InChI is InChI=1S/C13H26N2/c1-3-13(4-5-13)11-15-10-12(2)6-8-14-9-7-12/h14-15H,3-11H2,1-2H3. The Hall–Kier alpha value is -0.0800. The third kappa shape index (κ3) is 2.94. The largest absolute Gasteiger partial charge is 0.317 e. The van der Waals surface area contributed by atoms with Gasteiger partial charge in [-0.15, -0.1) is 0 Å². The molecule has 0 atom stereocenters. The fraction of sp³-hybridized carbons (Fsp3) is 1.00. The van der Waals surface area contributed by atoms with Gasteiger partial charge in [-0.05, 0) is 56.0 Å². The smallest absolute Gasteiger partial charge is 0.000794 e. The van der Waals surface area contributed by atoms with Crippen molar-refractivity contribution in [1.29, 1.82) is 0 Å². The van der Waals surface area contributed by atoms with Crippen molar-refractivity contribution in [1.82, 2.24) is 10.6 Å². The molecule has 1 saturated carbocycles. The Kier molecular flexibility index (Phi) is 3.36. The van der Waals surface area contributed by atoms with Gasteiger partial charge in [0.25, 0.3) is 0 Å². The Balaban J connectivity index is 1.68. The maximum atomic E-state index is 3.72. The second kappa shape index (κ2) is 4.42. The number of rotatable bonds is 5. The molecule has 0 radical (unpaired) electrons. The van der Waals surface area contributed by atoms with E-state index in [1.165, 1.54) is 58.3 Å². The van der Waals surface area contributed by atoms with Crippen LogP contribution in [0.15, 0.2) is 0 Å². The molecule has 0 aromatic carbocycles. The number of nitrogens with one attached hydrogen (secondary N) is 2. The lowest BCUT2D eigenvalue weighted by Crippen LogP contribution is -2.42. The lowest BCUT2D eigenvalue weighted by atomic mass is 9.81. The molecular formula is C13H26N2. The van der Waals surface area contributed by atoms with Gasteiger partial charge in [-0.1, -0.05) is 13.8 Å². The Morgan fingerprint density at radius 3 is 2.27 bits per heavy atom. The molecule has 0 aromatic rings. The third-order valence-corrected chi connectivity index (χ3v) is 4.57. The van der Waals surface area contributed by atoms with E-state index in [4.69, 9.17) is 0 Å². The fourth-order valence-corrected chi connectivity index (χ4v) is 2.67. The van der Waals surface area contributed by atoms with Gasteiger partial charge in [0.05, 0.1) is 0 Å². The van der Waals surface area contributed by atoms with Crippen molar-refractivity contribution in [2.45, 2.75) is 46.0 Å². The zero-order valence-electron chi connectivity index (χ0n) is 10.4. The Morgan fingerprint density at radius 1 is 1.07 bits per heavy atom. The van der Waals surface area contributed by atoms with Gasteiger partial charge in [0.1, 0.15) is 0 Å². The zero-order chi connectivity index (χ0) is 10.8. The average Bonchev–Trinajstić information content (AvgIpc) is 3.00. The van der Waals surface area contributed by atoms with Crippen LogP contribution in [0.3, 0.4) is 0 Å². The highest BCUT2D eigenvalue weighted by Gasteiger charge is 2.40. The Labute approximate surface area is 94.2 Å². The van der Waals surface area contributed by atoms with E-state index in [0.29, 0.717) is 10.8 Å². The molecule has 2 aliphatic rings. The number of hydrogen-bond acceptors (Lipinski definition) is 2. The van der Waals surface area contributed by atoms with Crippen LogP contribution in [0.2, 0.25) is 0 Å². The third-order valence-electron chi connectivity index (χ3n) is 4.57. The van der Waals surface area contributed by atoms with Crippen molar-refractivity contribution >= 4 is 0 Å². The predicted octanol–water partition coefficient (Wildman–Crippen LogP) is 2.16. The maximum absolute atomic E-state index is 3.72. The van der Waals surface area contributed by atoms with Crippen LogP contribution in [0.5, 0.6) is 0 Å². The summed E-state index contributed by atoms with van der Waals surface area (Å²) in [5, 5.41) is 7.16. The number of piperidine rings is 1. The molecule has 2 rings (SSSR count). The first kappa shape index (κ1) is 11.4. The van der Waals surface area contributed by atoms with Gasteiger partial charge in [-0.2, -0.15) is 0 Å². The van der Waals surface area contributed by atoms with E-state index < -0.39 is 0 Å². The summed E-state index contributed by atoms with van der Waals surface area (Å²) >= 11 is 0. The monoisotopic (exact) mass is 210 g/mol. The van der Waals surface area contributed by atoms with E-state index in [2.05, 4.69) is 24.5 Å². The topological polar surface area (TPSA) is 24.1 Å². The normalized spacial score (nSPS) is 27.6. The van der Waals surface area contributed by atoms with E-state index in [9.17, 15) is 0 Å². The molecule has 1 aliphatic carbocycles. The van der Waals surface area contributed by atoms with Crippen LogP contribution >= 0.6 is 0 Å². The van der Waals surface area contributed by atoms with Crippen LogP contribution in [-0.4, -0.2) is 26.2 Å². The van der Waals surface area contributed by atoms with Crippen molar-refractivity contribution in [2.24, 2.45) is 10.8 Å². The molecule has 1 saturated heterocycles. The molecule has 2 nitrogen and oxygen atoms in total. The van der Waals surface area contributed by atoms with Crippen LogP contribution in [0.4, 0.5) is 0 Å². The van der Waals surface area contributed by atoms with Crippen LogP contribution in [-0.2, 0) is 0 Å². The highest BCUT2D eigenvalue weighted by Crippen LogP contribution is 2.48. The van der Waals surface area contributed by atoms with E-state index in [1.54, 1.807) is 0 Å². The van der Waals surface area contributed by atoms with Crippen LogP contribution in [0.25, 0.3) is 0 Å². The molecule has 0 unspecified atom stereocenters. The first-order valence-electron chi connectivity index (χ1n) is 6.60. The quantitative estimate of drug-likeness (QED) is 0.726. The van der Waals surface area contributed by atoms with Gasteiger partial charge >= 0.3 is 0 Å². The number of hydrogen-bond donors (Lipinski definition) is 2. The first-order valence-corrected chi connectivity index (χ1v) is 6.60. The molecule has 2 N–H and O–H groups in total. The van der Waals surface area contributed by atoms with E-state index in [-0.39, 0.29) is 0 Å². The van der Waals surface area contributed by atoms with Crippen molar-refractivity contribution in [2.75, 3.05) is 26.2 Å². The van der Waals surface area contributed by atoms with Crippen molar-refractivity contribution < 1.29 is 0 Å². The molecule has 2 heteroatoms. The predicted molar refractivity (Wildman–Crippen MR) is 65.0 cm³/mol.